The lowest BCUT2D eigenvalue weighted by Crippen LogP contribution is -2.34. The van der Waals surface area contributed by atoms with Gasteiger partial charge >= 0.3 is 0 Å². The average molecular weight is 393 g/mol. The van der Waals surface area contributed by atoms with Crippen LogP contribution in [0.4, 0.5) is 16.2 Å². The lowest BCUT2D eigenvalue weighted by atomic mass is 9.99. The number of benzene rings is 1. The number of piperidine rings is 1. The van der Waals surface area contributed by atoms with Gasteiger partial charge in [0, 0.05) is 32.6 Å². The largest absolute Gasteiger partial charge is 0.365 e. The first-order valence-electron chi connectivity index (χ1n) is 9.95. The second-order valence-electron chi connectivity index (χ2n) is 7.37. The molecule has 3 aromatic rings. The first-order chi connectivity index (χ1) is 14.1. The maximum atomic E-state index is 13.2. The Kier molecular flexibility index (Phi) is 5.30. The van der Waals surface area contributed by atoms with Crippen LogP contribution in [0.1, 0.15) is 31.0 Å². The number of aryl methyl sites for hydroxylation is 2. The molecule has 0 bridgehead atoms. The van der Waals surface area contributed by atoms with Crippen molar-refractivity contribution in [1.82, 2.24) is 19.7 Å². The van der Waals surface area contributed by atoms with Gasteiger partial charge in [0.1, 0.15) is 11.6 Å². The van der Waals surface area contributed by atoms with Gasteiger partial charge in [-0.1, -0.05) is 19.1 Å². The molecule has 1 fully saturated rings. The maximum absolute atomic E-state index is 13.2. The van der Waals surface area contributed by atoms with Gasteiger partial charge in [-0.25, -0.2) is 9.07 Å². The predicted octanol–water partition coefficient (Wildman–Crippen LogP) is 3.42. The quantitative estimate of drug-likeness (QED) is 0.715. The summed E-state index contributed by atoms with van der Waals surface area (Å²) in [4.78, 5) is 11.7. The standard InChI is InChI=1S/C21H24FN7/c1-3-17-18-19(24-13-15-4-6-16(22)7-5-15)25-21(26-20(18)28(2)27-17)29-10-8-14(12-23)9-11-29/h4-7,14H,3,8-11,13H2,1-2H3,(H,24,25,26). The zero-order valence-corrected chi connectivity index (χ0v) is 16.7. The molecule has 0 saturated carbocycles. The van der Waals surface area contributed by atoms with Crippen LogP contribution in [0.2, 0.25) is 0 Å². The van der Waals surface area contributed by atoms with Crippen LogP contribution in [0.15, 0.2) is 24.3 Å². The summed E-state index contributed by atoms with van der Waals surface area (Å²) in [5, 5.41) is 18.1. The van der Waals surface area contributed by atoms with Crippen LogP contribution in [0.5, 0.6) is 0 Å². The Labute approximate surface area is 169 Å². The van der Waals surface area contributed by atoms with Gasteiger partial charge in [0.25, 0.3) is 0 Å². The number of hydrogen-bond acceptors (Lipinski definition) is 6. The summed E-state index contributed by atoms with van der Waals surface area (Å²) in [5.74, 6) is 1.25. The van der Waals surface area contributed by atoms with E-state index in [4.69, 9.17) is 15.2 Å². The van der Waals surface area contributed by atoms with Crippen LogP contribution in [0.3, 0.4) is 0 Å². The molecule has 3 heterocycles. The molecule has 0 unspecified atom stereocenters. The molecular formula is C21H24FN7. The number of hydrogen-bond donors (Lipinski definition) is 1. The second kappa shape index (κ2) is 8.03. The highest BCUT2D eigenvalue weighted by Crippen LogP contribution is 2.29. The van der Waals surface area contributed by atoms with Crippen molar-refractivity contribution in [2.45, 2.75) is 32.7 Å². The first kappa shape index (κ1) is 19.1. The third-order valence-corrected chi connectivity index (χ3v) is 5.41. The molecule has 1 N–H and O–H groups in total. The van der Waals surface area contributed by atoms with Crippen molar-refractivity contribution in [2.24, 2.45) is 13.0 Å². The summed E-state index contributed by atoms with van der Waals surface area (Å²) in [7, 11) is 1.89. The number of nitrogens with one attached hydrogen (secondary N) is 1. The third-order valence-electron chi connectivity index (χ3n) is 5.41. The monoisotopic (exact) mass is 393 g/mol. The molecule has 1 aromatic carbocycles. The van der Waals surface area contributed by atoms with Crippen molar-refractivity contribution in [3.8, 4) is 6.07 Å². The van der Waals surface area contributed by atoms with E-state index in [1.54, 1.807) is 16.8 Å². The lowest BCUT2D eigenvalue weighted by molar-refractivity contribution is 0.482. The number of rotatable bonds is 5. The molecule has 8 heteroatoms. The van der Waals surface area contributed by atoms with E-state index in [2.05, 4.69) is 28.3 Å². The van der Waals surface area contributed by atoms with Crippen LogP contribution in [0, 0.1) is 23.1 Å². The highest BCUT2D eigenvalue weighted by molar-refractivity contribution is 5.90. The van der Waals surface area contributed by atoms with Gasteiger partial charge in [-0.3, -0.25) is 0 Å². The molecule has 0 atom stereocenters. The van der Waals surface area contributed by atoms with Crippen LogP contribution in [0.25, 0.3) is 11.0 Å². The molecule has 1 aliphatic rings. The minimum Gasteiger partial charge on any atom is -0.365 e. The number of aromatic nitrogens is 4. The third kappa shape index (κ3) is 3.86. The summed E-state index contributed by atoms with van der Waals surface area (Å²) < 4.78 is 15.0. The van der Waals surface area contributed by atoms with Crippen molar-refractivity contribution in [3.63, 3.8) is 0 Å². The summed E-state index contributed by atoms with van der Waals surface area (Å²) in [6, 6.07) is 8.80. The minimum absolute atomic E-state index is 0.106. The minimum atomic E-state index is -0.248. The highest BCUT2D eigenvalue weighted by Gasteiger charge is 2.23. The Hall–Kier alpha value is -3.21. The highest BCUT2D eigenvalue weighted by atomic mass is 19.1. The van der Waals surface area contributed by atoms with E-state index >= 15 is 0 Å². The van der Waals surface area contributed by atoms with Gasteiger partial charge in [0.2, 0.25) is 5.95 Å². The summed E-state index contributed by atoms with van der Waals surface area (Å²) in [6.45, 7) is 4.12. The molecule has 1 saturated heterocycles. The Morgan fingerprint density at radius 1 is 1.21 bits per heavy atom. The van der Waals surface area contributed by atoms with Crippen LogP contribution < -0.4 is 10.2 Å². The predicted molar refractivity (Wildman–Crippen MR) is 110 cm³/mol. The number of halogens is 1. The number of fused-ring (bicyclic) bond motifs is 1. The Bertz CT molecular complexity index is 1040. The molecular weight excluding hydrogens is 369 g/mol. The van der Waals surface area contributed by atoms with Gasteiger partial charge < -0.3 is 10.2 Å². The SMILES string of the molecule is CCc1nn(C)c2nc(N3CCC(C#N)CC3)nc(NCc3ccc(F)cc3)c12. The molecule has 29 heavy (non-hydrogen) atoms. The fraction of sp³-hybridized carbons (Fsp3) is 0.429. The van der Waals surface area contributed by atoms with E-state index in [0.29, 0.717) is 12.5 Å². The molecule has 0 aliphatic carbocycles. The van der Waals surface area contributed by atoms with Gasteiger partial charge in [-0.15, -0.1) is 0 Å². The number of anilines is 2. The Morgan fingerprint density at radius 2 is 1.93 bits per heavy atom. The molecule has 0 amide bonds. The fourth-order valence-electron chi connectivity index (χ4n) is 3.73. The molecule has 0 spiro atoms. The van der Waals surface area contributed by atoms with Crippen molar-refractivity contribution < 1.29 is 4.39 Å². The molecule has 150 valence electrons. The molecule has 4 rings (SSSR count). The van der Waals surface area contributed by atoms with E-state index in [0.717, 1.165) is 60.5 Å². The van der Waals surface area contributed by atoms with Crippen LogP contribution in [-0.2, 0) is 20.0 Å². The number of nitrogens with zero attached hydrogens (tertiary/aromatic N) is 6. The smallest absolute Gasteiger partial charge is 0.229 e. The Morgan fingerprint density at radius 3 is 2.59 bits per heavy atom. The maximum Gasteiger partial charge on any atom is 0.229 e. The van der Waals surface area contributed by atoms with Crippen molar-refractivity contribution in [2.75, 3.05) is 23.3 Å². The fourth-order valence-corrected chi connectivity index (χ4v) is 3.73. The average Bonchev–Trinajstić information content (AvgIpc) is 3.09. The second-order valence-corrected chi connectivity index (χ2v) is 7.37. The van der Waals surface area contributed by atoms with E-state index in [9.17, 15) is 4.39 Å². The molecule has 7 nitrogen and oxygen atoms in total. The van der Waals surface area contributed by atoms with Crippen molar-refractivity contribution in [1.29, 1.82) is 5.26 Å². The zero-order valence-electron chi connectivity index (χ0n) is 16.7. The first-order valence-corrected chi connectivity index (χ1v) is 9.95. The van der Waals surface area contributed by atoms with Gasteiger partial charge in [0.15, 0.2) is 5.65 Å². The topological polar surface area (TPSA) is 82.7 Å². The number of nitriles is 1. The Balaban J connectivity index is 1.68. The van der Waals surface area contributed by atoms with E-state index in [-0.39, 0.29) is 11.7 Å². The molecule has 2 aromatic heterocycles. The van der Waals surface area contributed by atoms with Crippen LogP contribution in [-0.4, -0.2) is 32.8 Å². The van der Waals surface area contributed by atoms with Gasteiger partial charge in [0.05, 0.1) is 17.1 Å². The van der Waals surface area contributed by atoms with Gasteiger partial charge in [-0.2, -0.15) is 20.3 Å². The van der Waals surface area contributed by atoms with E-state index in [1.807, 2.05) is 7.05 Å². The van der Waals surface area contributed by atoms with Crippen LogP contribution >= 0.6 is 0 Å². The normalized spacial score (nSPS) is 14.9. The van der Waals surface area contributed by atoms with Gasteiger partial charge in [-0.05, 0) is 37.0 Å². The summed E-state index contributed by atoms with van der Waals surface area (Å²) >= 11 is 0. The van der Waals surface area contributed by atoms with E-state index in [1.165, 1.54) is 12.1 Å². The molecule has 0 radical (unpaired) electrons. The zero-order chi connectivity index (χ0) is 20.4. The molecule has 1 aliphatic heterocycles. The van der Waals surface area contributed by atoms with Crippen molar-refractivity contribution >= 4 is 22.8 Å². The van der Waals surface area contributed by atoms with E-state index < -0.39 is 0 Å². The van der Waals surface area contributed by atoms with Crippen molar-refractivity contribution in [3.05, 3.63) is 41.3 Å². The lowest BCUT2D eigenvalue weighted by Gasteiger charge is -2.29. The summed E-state index contributed by atoms with van der Waals surface area (Å²) in [5.41, 5.74) is 2.70. The summed E-state index contributed by atoms with van der Waals surface area (Å²) in [6.07, 6.45) is 2.42.